The van der Waals surface area contributed by atoms with Gasteiger partial charge in [0.05, 0.1) is 6.61 Å². The molecule has 1 aliphatic rings. The van der Waals surface area contributed by atoms with Crippen molar-refractivity contribution in [1.82, 2.24) is 0 Å². The second-order valence-corrected chi connectivity index (χ2v) is 5.68. The van der Waals surface area contributed by atoms with Crippen LogP contribution in [-0.2, 0) is 12.8 Å². The van der Waals surface area contributed by atoms with E-state index in [0.717, 1.165) is 18.6 Å². The van der Waals surface area contributed by atoms with E-state index in [0.29, 0.717) is 12.5 Å². The smallest absolute Gasteiger partial charge is 0.119 e. The van der Waals surface area contributed by atoms with Crippen LogP contribution in [0.3, 0.4) is 0 Å². The molecule has 0 N–H and O–H groups in total. The van der Waals surface area contributed by atoms with E-state index in [4.69, 9.17) is 4.74 Å². The third kappa shape index (κ3) is 3.02. The van der Waals surface area contributed by atoms with Gasteiger partial charge in [-0.05, 0) is 66.5 Å². The van der Waals surface area contributed by atoms with E-state index in [2.05, 4.69) is 43.0 Å². The van der Waals surface area contributed by atoms with E-state index in [1.807, 2.05) is 19.1 Å². The second kappa shape index (κ2) is 6.17. The summed E-state index contributed by atoms with van der Waals surface area (Å²) in [6.45, 7) is 6.65. The highest BCUT2D eigenvalue weighted by Gasteiger charge is 2.16. The molecular formula is C20H22O. The van der Waals surface area contributed by atoms with Gasteiger partial charge in [-0.1, -0.05) is 36.4 Å². The zero-order valence-corrected chi connectivity index (χ0v) is 12.6. The Morgan fingerprint density at radius 1 is 1.10 bits per heavy atom. The summed E-state index contributed by atoms with van der Waals surface area (Å²) in [4.78, 5) is 0. The summed E-state index contributed by atoms with van der Waals surface area (Å²) in [5.74, 6) is 1.59. The Balaban J connectivity index is 1.85. The van der Waals surface area contributed by atoms with Crippen molar-refractivity contribution in [2.45, 2.75) is 26.2 Å². The average Bonchev–Trinajstić information content (AvgIpc) is 2.55. The van der Waals surface area contributed by atoms with Crippen LogP contribution in [-0.4, -0.2) is 6.61 Å². The third-order valence-electron chi connectivity index (χ3n) is 4.30. The zero-order chi connectivity index (χ0) is 14.7. The lowest BCUT2D eigenvalue weighted by Crippen LogP contribution is -2.11. The Morgan fingerprint density at radius 3 is 2.57 bits per heavy atom. The lowest BCUT2D eigenvalue weighted by Gasteiger charge is -2.22. The van der Waals surface area contributed by atoms with Crippen molar-refractivity contribution in [1.29, 1.82) is 0 Å². The van der Waals surface area contributed by atoms with Gasteiger partial charge in [-0.3, -0.25) is 0 Å². The fraction of sp³-hybridized carbons (Fsp3) is 0.300. The summed E-state index contributed by atoms with van der Waals surface area (Å²) >= 11 is 0. The van der Waals surface area contributed by atoms with E-state index in [-0.39, 0.29) is 0 Å². The molecule has 0 heterocycles. The first kappa shape index (κ1) is 13.9. The molecule has 0 fully saturated rings. The van der Waals surface area contributed by atoms with Crippen LogP contribution in [0, 0.1) is 5.92 Å². The van der Waals surface area contributed by atoms with Gasteiger partial charge in [0.25, 0.3) is 0 Å². The largest absolute Gasteiger partial charge is 0.494 e. The number of fused-ring (bicyclic) bond motifs is 1. The molecule has 0 saturated heterocycles. The van der Waals surface area contributed by atoms with Gasteiger partial charge in [-0.15, -0.1) is 6.58 Å². The van der Waals surface area contributed by atoms with Gasteiger partial charge in [0, 0.05) is 0 Å². The maximum absolute atomic E-state index is 5.50. The van der Waals surface area contributed by atoms with Gasteiger partial charge in [0.15, 0.2) is 0 Å². The summed E-state index contributed by atoms with van der Waals surface area (Å²) in [5.41, 5.74) is 5.54. The molecule has 1 aliphatic carbocycles. The van der Waals surface area contributed by atoms with Crippen molar-refractivity contribution in [2.24, 2.45) is 5.92 Å². The minimum atomic E-state index is 0.647. The Labute approximate surface area is 127 Å². The van der Waals surface area contributed by atoms with Gasteiger partial charge >= 0.3 is 0 Å². The van der Waals surface area contributed by atoms with Crippen molar-refractivity contribution in [3.05, 3.63) is 66.2 Å². The summed E-state index contributed by atoms with van der Waals surface area (Å²) in [6, 6.07) is 15.3. The van der Waals surface area contributed by atoms with Crippen molar-refractivity contribution in [3.8, 4) is 16.9 Å². The number of aryl methyl sites for hydroxylation is 1. The molecule has 3 rings (SSSR count). The van der Waals surface area contributed by atoms with Crippen molar-refractivity contribution >= 4 is 0 Å². The minimum Gasteiger partial charge on any atom is -0.494 e. The lowest BCUT2D eigenvalue weighted by atomic mass is 9.83. The topological polar surface area (TPSA) is 9.23 Å². The standard InChI is InChI=1S/C20H22O/c1-3-15-5-6-19-14-18(8-7-17(19)13-15)16-9-11-20(12-10-16)21-4-2/h3,7-12,14-15H,1,4-6,13H2,2H3. The number of hydrogen-bond donors (Lipinski definition) is 0. The van der Waals surface area contributed by atoms with E-state index in [9.17, 15) is 0 Å². The molecule has 1 heteroatoms. The molecule has 1 unspecified atom stereocenters. The predicted molar refractivity (Wildman–Crippen MR) is 88.8 cm³/mol. The molecule has 0 amide bonds. The molecule has 0 aromatic heterocycles. The van der Waals surface area contributed by atoms with Crippen LogP contribution >= 0.6 is 0 Å². The highest BCUT2D eigenvalue weighted by molar-refractivity contribution is 5.66. The van der Waals surface area contributed by atoms with Crippen LogP contribution < -0.4 is 4.74 Å². The van der Waals surface area contributed by atoms with Crippen molar-refractivity contribution in [3.63, 3.8) is 0 Å². The van der Waals surface area contributed by atoms with Crippen LogP contribution in [0.2, 0.25) is 0 Å². The normalized spacial score (nSPS) is 17.1. The molecule has 1 atom stereocenters. The minimum absolute atomic E-state index is 0.647. The maximum Gasteiger partial charge on any atom is 0.119 e. The summed E-state index contributed by atoms with van der Waals surface area (Å²) in [5, 5.41) is 0. The van der Waals surface area contributed by atoms with E-state index in [1.165, 1.54) is 28.7 Å². The number of benzene rings is 2. The molecule has 0 radical (unpaired) electrons. The molecule has 108 valence electrons. The van der Waals surface area contributed by atoms with Crippen molar-refractivity contribution in [2.75, 3.05) is 6.61 Å². The first-order chi connectivity index (χ1) is 10.3. The van der Waals surface area contributed by atoms with Gasteiger partial charge in [-0.25, -0.2) is 0 Å². The summed E-state index contributed by atoms with van der Waals surface area (Å²) in [6.07, 6.45) is 5.63. The third-order valence-corrected chi connectivity index (χ3v) is 4.30. The van der Waals surface area contributed by atoms with Crippen LogP contribution in [0.1, 0.15) is 24.5 Å². The lowest BCUT2D eigenvalue weighted by molar-refractivity contribution is 0.340. The quantitative estimate of drug-likeness (QED) is 0.712. The fourth-order valence-corrected chi connectivity index (χ4v) is 3.07. The zero-order valence-electron chi connectivity index (χ0n) is 12.6. The SMILES string of the molecule is C=CC1CCc2cc(-c3ccc(OCC)cc3)ccc2C1. The Bertz CT molecular complexity index is 625. The molecule has 1 nitrogen and oxygen atoms in total. The van der Waals surface area contributed by atoms with Gasteiger partial charge < -0.3 is 4.74 Å². The molecule has 0 saturated carbocycles. The molecule has 0 spiro atoms. The van der Waals surface area contributed by atoms with Crippen LogP contribution in [0.15, 0.2) is 55.1 Å². The summed E-state index contributed by atoms with van der Waals surface area (Å²) < 4.78 is 5.50. The van der Waals surface area contributed by atoms with Crippen molar-refractivity contribution < 1.29 is 4.74 Å². The van der Waals surface area contributed by atoms with Gasteiger partial charge in [0.1, 0.15) is 5.75 Å². The molecule has 2 aromatic carbocycles. The summed E-state index contributed by atoms with van der Waals surface area (Å²) in [7, 11) is 0. The number of allylic oxidation sites excluding steroid dienone is 1. The van der Waals surface area contributed by atoms with E-state index >= 15 is 0 Å². The molecule has 0 aliphatic heterocycles. The first-order valence-corrected chi connectivity index (χ1v) is 7.77. The predicted octanol–water partition coefficient (Wildman–Crippen LogP) is 5.04. The maximum atomic E-state index is 5.50. The molecular weight excluding hydrogens is 256 g/mol. The Kier molecular flexibility index (Phi) is 4.10. The Morgan fingerprint density at radius 2 is 1.86 bits per heavy atom. The van der Waals surface area contributed by atoms with Crippen LogP contribution in [0.5, 0.6) is 5.75 Å². The second-order valence-electron chi connectivity index (χ2n) is 5.68. The number of ether oxygens (including phenoxy) is 1. The number of rotatable bonds is 4. The number of hydrogen-bond acceptors (Lipinski definition) is 1. The van der Waals surface area contributed by atoms with Crippen LogP contribution in [0.25, 0.3) is 11.1 Å². The molecule has 0 bridgehead atoms. The van der Waals surface area contributed by atoms with Crippen LogP contribution in [0.4, 0.5) is 0 Å². The monoisotopic (exact) mass is 278 g/mol. The van der Waals surface area contributed by atoms with Gasteiger partial charge in [0.2, 0.25) is 0 Å². The highest BCUT2D eigenvalue weighted by Crippen LogP contribution is 2.30. The van der Waals surface area contributed by atoms with E-state index < -0.39 is 0 Å². The fourth-order valence-electron chi connectivity index (χ4n) is 3.07. The van der Waals surface area contributed by atoms with Gasteiger partial charge in [-0.2, -0.15) is 0 Å². The van der Waals surface area contributed by atoms with E-state index in [1.54, 1.807) is 0 Å². The Hall–Kier alpha value is -2.02. The average molecular weight is 278 g/mol. The molecule has 2 aromatic rings. The molecule has 21 heavy (non-hydrogen) atoms. The first-order valence-electron chi connectivity index (χ1n) is 7.77. The highest BCUT2D eigenvalue weighted by atomic mass is 16.5.